The monoisotopic (exact) mass is 237 g/mol. The molecule has 0 aliphatic carbocycles. The first kappa shape index (κ1) is 12.0. The summed E-state index contributed by atoms with van der Waals surface area (Å²) in [5.74, 6) is -0.982. The van der Waals surface area contributed by atoms with Gasteiger partial charge in [0.05, 0.1) is 5.56 Å². The van der Waals surface area contributed by atoms with Crippen molar-refractivity contribution in [3.8, 4) is 0 Å². The molecule has 0 spiro atoms. The molecule has 1 saturated heterocycles. The molecule has 0 amide bonds. The summed E-state index contributed by atoms with van der Waals surface area (Å²) in [7, 11) is 1.93. The molecule has 17 heavy (non-hydrogen) atoms. The van der Waals surface area contributed by atoms with Crippen LogP contribution in [-0.4, -0.2) is 35.6 Å². The van der Waals surface area contributed by atoms with Crippen LogP contribution in [0.1, 0.15) is 34.9 Å². The fraction of sp³-hybridized carbons (Fsp3) is 0.462. The third-order valence-electron chi connectivity index (χ3n) is 3.39. The number of rotatable bonds is 3. The Morgan fingerprint density at radius 1 is 1.47 bits per heavy atom. The lowest BCUT2D eigenvalue weighted by atomic mass is 10.0. The minimum absolute atomic E-state index is 0.0781. The Morgan fingerprint density at radius 3 is 2.59 bits per heavy atom. The van der Waals surface area contributed by atoms with E-state index in [1.54, 1.807) is 12.1 Å². The topological polar surface area (TPSA) is 40.5 Å². The summed E-state index contributed by atoms with van der Waals surface area (Å²) >= 11 is 0. The first-order valence-electron chi connectivity index (χ1n) is 5.77. The maximum absolute atomic E-state index is 14.2. The molecule has 1 aromatic carbocycles. The van der Waals surface area contributed by atoms with Gasteiger partial charge in [-0.05, 0) is 44.1 Å². The van der Waals surface area contributed by atoms with Gasteiger partial charge in [-0.25, -0.2) is 9.18 Å². The molecule has 2 rings (SSSR count). The summed E-state index contributed by atoms with van der Waals surface area (Å²) < 4.78 is 14.2. The van der Waals surface area contributed by atoms with Gasteiger partial charge in [0.15, 0.2) is 0 Å². The standard InChI is InChI=1S/C13H16FNO2/c1-15-8-2-3-11(15)12(14)9-4-6-10(7-5-9)13(16)17/h4-7,11-12H,2-3,8H2,1H3,(H,16,17). The normalized spacial score (nSPS) is 22.6. The molecule has 0 aromatic heterocycles. The zero-order chi connectivity index (χ0) is 12.4. The number of aromatic carboxylic acids is 1. The van der Waals surface area contributed by atoms with Crippen LogP contribution in [0.3, 0.4) is 0 Å². The molecule has 2 unspecified atom stereocenters. The molecule has 1 fully saturated rings. The van der Waals surface area contributed by atoms with Gasteiger partial charge in [0.25, 0.3) is 0 Å². The van der Waals surface area contributed by atoms with Crippen LogP contribution in [0.15, 0.2) is 24.3 Å². The zero-order valence-electron chi connectivity index (χ0n) is 9.77. The third-order valence-corrected chi connectivity index (χ3v) is 3.39. The number of hydrogen-bond acceptors (Lipinski definition) is 2. The molecule has 3 nitrogen and oxygen atoms in total. The summed E-state index contributed by atoms with van der Waals surface area (Å²) in [5.41, 5.74) is 0.759. The quantitative estimate of drug-likeness (QED) is 0.878. The van der Waals surface area contributed by atoms with Crippen LogP contribution < -0.4 is 0 Å². The highest BCUT2D eigenvalue weighted by molar-refractivity contribution is 5.87. The van der Waals surface area contributed by atoms with Crippen LogP contribution in [-0.2, 0) is 0 Å². The van der Waals surface area contributed by atoms with Gasteiger partial charge in [-0.15, -0.1) is 0 Å². The van der Waals surface area contributed by atoms with Crippen molar-refractivity contribution in [2.45, 2.75) is 25.1 Å². The van der Waals surface area contributed by atoms with Crippen molar-refractivity contribution in [2.75, 3.05) is 13.6 Å². The molecule has 1 heterocycles. The van der Waals surface area contributed by atoms with Crippen LogP contribution >= 0.6 is 0 Å². The van der Waals surface area contributed by atoms with Gasteiger partial charge < -0.3 is 10.0 Å². The summed E-state index contributed by atoms with van der Waals surface area (Å²) in [4.78, 5) is 12.7. The Balaban J connectivity index is 2.14. The lowest BCUT2D eigenvalue weighted by Crippen LogP contribution is -2.29. The van der Waals surface area contributed by atoms with Crippen molar-refractivity contribution >= 4 is 5.97 Å². The SMILES string of the molecule is CN1CCCC1C(F)c1ccc(C(=O)O)cc1. The molecule has 2 atom stereocenters. The highest BCUT2D eigenvalue weighted by Crippen LogP contribution is 2.31. The number of carbonyl (C=O) groups is 1. The molecule has 0 bridgehead atoms. The lowest BCUT2D eigenvalue weighted by Gasteiger charge is -2.23. The number of benzene rings is 1. The third kappa shape index (κ3) is 2.47. The maximum atomic E-state index is 14.2. The number of hydrogen-bond donors (Lipinski definition) is 1. The summed E-state index contributed by atoms with van der Waals surface area (Å²) in [6.45, 7) is 0.929. The van der Waals surface area contributed by atoms with E-state index in [0.29, 0.717) is 5.56 Å². The lowest BCUT2D eigenvalue weighted by molar-refractivity contribution is 0.0696. The Hall–Kier alpha value is -1.42. The number of carboxylic acid groups (broad SMARTS) is 1. The number of likely N-dealkylation sites (tertiary alicyclic amines) is 1. The van der Waals surface area contributed by atoms with E-state index in [4.69, 9.17) is 5.11 Å². The maximum Gasteiger partial charge on any atom is 0.335 e. The summed E-state index contributed by atoms with van der Waals surface area (Å²) in [6, 6.07) is 5.98. The van der Waals surface area contributed by atoms with E-state index in [9.17, 15) is 9.18 Å². The first-order valence-corrected chi connectivity index (χ1v) is 5.77. The van der Waals surface area contributed by atoms with Gasteiger partial charge in [-0.2, -0.15) is 0 Å². The van der Waals surface area contributed by atoms with Crippen LogP contribution in [0.5, 0.6) is 0 Å². The highest BCUT2D eigenvalue weighted by Gasteiger charge is 2.30. The number of likely N-dealkylation sites (N-methyl/N-ethyl adjacent to an activating group) is 1. The van der Waals surface area contributed by atoms with Crippen molar-refractivity contribution in [3.05, 3.63) is 35.4 Å². The minimum Gasteiger partial charge on any atom is -0.478 e. The second kappa shape index (κ2) is 4.84. The van der Waals surface area contributed by atoms with E-state index in [-0.39, 0.29) is 11.6 Å². The fourth-order valence-corrected chi connectivity index (χ4v) is 2.34. The first-order chi connectivity index (χ1) is 8.09. The van der Waals surface area contributed by atoms with E-state index < -0.39 is 12.1 Å². The second-order valence-corrected chi connectivity index (χ2v) is 4.52. The number of halogens is 1. The molecular formula is C13H16FNO2. The molecule has 4 heteroatoms. The molecule has 0 saturated carbocycles. The largest absolute Gasteiger partial charge is 0.478 e. The van der Waals surface area contributed by atoms with Crippen molar-refractivity contribution in [1.29, 1.82) is 0 Å². The molecule has 1 aliphatic rings. The van der Waals surface area contributed by atoms with Crippen molar-refractivity contribution < 1.29 is 14.3 Å². The predicted molar refractivity (Wildman–Crippen MR) is 62.9 cm³/mol. The number of carboxylic acids is 1. The van der Waals surface area contributed by atoms with Gasteiger partial charge in [0.1, 0.15) is 6.17 Å². The summed E-state index contributed by atoms with van der Waals surface area (Å²) in [6.07, 6.45) is 0.845. The Bertz CT molecular complexity index is 404. The van der Waals surface area contributed by atoms with Crippen LogP contribution in [0.4, 0.5) is 4.39 Å². The van der Waals surface area contributed by atoms with Gasteiger partial charge in [0, 0.05) is 6.04 Å². The van der Waals surface area contributed by atoms with Gasteiger partial charge in [0.2, 0.25) is 0 Å². The van der Waals surface area contributed by atoms with Crippen molar-refractivity contribution in [1.82, 2.24) is 4.90 Å². The van der Waals surface area contributed by atoms with E-state index in [0.717, 1.165) is 19.4 Å². The second-order valence-electron chi connectivity index (χ2n) is 4.52. The van der Waals surface area contributed by atoms with Crippen LogP contribution in [0.2, 0.25) is 0 Å². The van der Waals surface area contributed by atoms with E-state index in [1.807, 2.05) is 11.9 Å². The number of alkyl halides is 1. The van der Waals surface area contributed by atoms with Crippen molar-refractivity contribution in [2.24, 2.45) is 0 Å². The molecule has 1 aromatic rings. The van der Waals surface area contributed by atoms with Crippen LogP contribution in [0.25, 0.3) is 0 Å². The molecular weight excluding hydrogens is 221 g/mol. The smallest absolute Gasteiger partial charge is 0.335 e. The molecule has 1 aliphatic heterocycles. The highest BCUT2D eigenvalue weighted by atomic mass is 19.1. The van der Waals surface area contributed by atoms with Gasteiger partial charge in [-0.3, -0.25) is 0 Å². The van der Waals surface area contributed by atoms with Gasteiger partial charge in [-0.1, -0.05) is 12.1 Å². The van der Waals surface area contributed by atoms with Crippen molar-refractivity contribution in [3.63, 3.8) is 0 Å². The number of nitrogens with zero attached hydrogens (tertiary/aromatic N) is 1. The van der Waals surface area contributed by atoms with Gasteiger partial charge >= 0.3 is 5.97 Å². The molecule has 92 valence electrons. The summed E-state index contributed by atoms with van der Waals surface area (Å²) in [5, 5.41) is 8.77. The Morgan fingerprint density at radius 2 is 2.12 bits per heavy atom. The Labute approximate surface area is 99.9 Å². The van der Waals surface area contributed by atoms with E-state index >= 15 is 0 Å². The van der Waals surface area contributed by atoms with E-state index in [2.05, 4.69) is 0 Å². The zero-order valence-corrected chi connectivity index (χ0v) is 9.77. The minimum atomic E-state index is -1.04. The molecule has 0 radical (unpaired) electrons. The molecule has 1 N–H and O–H groups in total. The average molecular weight is 237 g/mol. The van der Waals surface area contributed by atoms with E-state index in [1.165, 1.54) is 12.1 Å². The average Bonchev–Trinajstić information content (AvgIpc) is 2.74. The van der Waals surface area contributed by atoms with Crippen LogP contribution in [0, 0.1) is 0 Å². The predicted octanol–water partition coefficient (Wildman–Crippen LogP) is 2.49. The fourth-order valence-electron chi connectivity index (χ4n) is 2.34. The Kier molecular flexibility index (Phi) is 3.43.